The maximum absolute atomic E-state index is 13.3. The second kappa shape index (κ2) is 16.9. The Labute approximate surface area is 360 Å². The molecule has 61 heavy (non-hydrogen) atoms. The van der Waals surface area contributed by atoms with Gasteiger partial charge in [0.1, 0.15) is 23.0 Å². The number of rotatable bonds is 12. The maximum atomic E-state index is 13.3. The molecule has 0 N–H and O–H groups in total. The smallest absolute Gasteiger partial charge is 0.343 e. The van der Waals surface area contributed by atoms with Crippen molar-refractivity contribution in [2.24, 2.45) is 5.92 Å². The SMILES string of the molecule is CCCCCC1CCC(c2ccc(OC(=O)c3ccc(-c4ccc5c6c(c7c(c5c4)COC7(C)C)C=CC(c4ccc(OC)cc4)(c4ccc(OC)cc4)O6)cc3)cc2)CC1. The summed E-state index contributed by atoms with van der Waals surface area (Å²) in [7, 11) is 3.35. The van der Waals surface area contributed by atoms with Crippen LogP contribution in [-0.2, 0) is 22.5 Å². The highest BCUT2D eigenvalue weighted by molar-refractivity contribution is 6.00. The number of fused-ring (bicyclic) bond motifs is 6. The number of methoxy groups -OCH3 is 2. The normalized spacial score (nSPS) is 18.5. The van der Waals surface area contributed by atoms with E-state index in [4.69, 9.17) is 23.7 Å². The van der Waals surface area contributed by atoms with Gasteiger partial charge in [0.2, 0.25) is 0 Å². The highest BCUT2D eigenvalue weighted by Gasteiger charge is 2.43. The molecule has 0 saturated heterocycles. The van der Waals surface area contributed by atoms with E-state index < -0.39 is 11.2 Å². The molecule has 3 aliphatic rings. The van der Waals surface area contributed by atoms with E-state index in [1.807, 2.05) is 60.7 Å². The molecular weight excluding hydrogens is 757 g/mol. The van der Waals surface area contributed by atoms with Crippen molar-refractivity contribution in [3.05, 3.63) is 160 Å². The molecule has 1 aliphatic carbocycles. The van der Waals surface area contributed by atoms with Crippen molar-refractivity contribution < 1.29 is 28.5 Å². The van der Waals surface area contributed by atoms with Crippen molar-refractivity contribution in [2.75, 3.05) is 14.2 Å². The van der Waals surface area contributed by atoms with E-state index in [9.17, 15) is 4.79 Å². The molecule has 0 aromatic heterocycles. The lowest BCUT2D eigenvalue weighted by atomic mass is 9.77. The second-order valence-electron chi connectivity index (χ2n) is 17.5. The number of hydrogen-bond acceptors (Lipinski definition) is 6. The van der Waals surface area contributed by atoms with Gasteiger partial charge in [0, 0.05) is 27.6 Å². The molecule has 312 valence electrons. The summed E-state index contributed by atoms with van der Waals surface area (Å²) in [6.45, 7) is 7.03. The van der Waals surface area contributed by atoms with Gasteiger partial charge < -0.3 is 23.7 Å². The fraction of sp³-hybridized carbons (Fsp3) is 0.327. The number of benzene rings is 6. The van der Waals surface area contributed by atoms with Crippen LogP contribution in [0.4, 0.5) is 0 Å². The minimum absolute atomic E-state index is 0.364. The van der Waals surface area contributed by atoms with Crippen LogP contribution in [0.25, 0.3) is 28.0 Å². The molecule has 2 heterocycles. The van der Waals surface area contributed by atoms with E-state index in [0.717, 1.165) is 72.9 Å². The Morgan fingerprint density at radius 3 is 1.95 bits per heavy atom. The number of unbranched alkanes of at least 4 members (excludes halogenated alkanes) is 2. The zero-order valence-electron chi connectivity index (χ0n) is 36.1. The molecule has 0 amide bonds. The van der Waals surface area contributed by atoms with Gasteiger partial charge in [-0.1, -0.05) is 99.3 Å². The van der Waals surface area contributed by atoms with E-state index in [1.165, 1.54) is 56.9 Å². The third kappa shape index (κ3) is 7.83. The summed E-state index contributed by atoms with van der Waals surface area (Å²) in [5.41, 5.74) is 7.73. The summed E-state index contributed by atoms with van der Waals surface area (Å²) in [6.07, 6.45) is 14.9. The largest absolute Gasteiger partial charge is 0.497 e. The van der Waals surface area contributed by atoms with E-state index in [1.54, 1.807) is 14.2 Å². The predicted octanol–water partition coefficient (Wildman–Crippen LogP) is 13.7. The van der Waals surface area contributed by atoms with Crippen molar-refractivity contribution in [3.63, 3.8) is 0 Å². The molecule has 0 bridgehead atoms. The van der Waals surface area contributed by atoms with Crippen molar-refractivity contribution in [2.45, 2.75) is 95.9 Å². The first-order valence-corrected chi connectivity index (χ1v) is 22.1. The van der Waals surface area contributed by atoms with Crippen molar-refractivity contribution in [3.8, 4) is 34.1 Å². The van der Waals surface area contributed by atoms with Gasteiger partial charge in [0.05, 0.1) is 32.0 Å². The Bertz CT molecular complexity index is 2490. The molecule has 0 spiro atoms. The van der Waals surface area contributed by atoms with Crippen molar-refractivity contribution >= 4 is 22.8 Å². The van der Waals surface area contributed by atoms with Crippen LogP contribution in [0.2, 0.25) is 0 Å². The molecule has 1 saturated carbocycles. The molecule has 6 nitrogen and oxygen atoms in total. The number of esters is 1. The summed E-state index contributed by atoms with van der Waals surface area (Å²) in [4.78, 5) is 13.3. The highest BCUT2D eigenvalue weighted by Crippen LogP contribution is 2.53. The average Bonchev–Trinajstić information content (AvgIpc) is 3.64. The molecule has 6 aromatic rings. The molecule has 2 aliphatic heterocycles. The van der Waals surface area contributed by atoms with Crippen LogP contribution in [0.15, 0.2) is 121 Å². The van der Waals surface area contributed by atoms with Gasteiger partial charge in [0.15, 0.2) is 5.60 Å². The van der Waals surface area contributed by atoms with E-state index in [0.29, 0.717) is 23.8 Å². The zero-order chi connectivity index (χ0) is 42.1. The van der Waals surface area contributed by atoms with Crippen LogP contribution in [0.5, 0.6) is 23.0 Å². The van der Waals surface area contributed by atoms with E-state index >= 15 is 0 Å². The topological polar surface area (TPSA) is 63.2 Å². The van der Waals surface area contributed by atoms with Crippen LogP contribution in [0.3, 0.4) is 0 Å². The monoisotopic (exact) mass is 812 g/mol. The lowest BCUT2D eigenvalue weighted by molar-refractivity contribution is -0.00802. The van der Waals surface area contributed by atoms with Crippen LogP contribution in [-0.4, -0.2) is 20.2 Å². The van der Waals surface area contributed by atoms with Crippen LogP contribution >= 0.6 is 0 Å². The van der Waals surface area contributed by atoms with Gasteiger partial charge in [-0.15, -0.1) is 0 Å². The molecule has 6 aromatic carbocycles. The average molecular weight is 813 g/mol. The van der Waals surface area contributed by atoms with E-state index in [-0.39, 0.29) is 5.97 Å². The minimum Gasteiger partial charge on any atom is -0.497 e. The third-order valence-corrected chi connectivity index (χ3v) is 13.4. The molecule has 9 rings (SSSR count). The molecule has 1 fully saturated rings. The number of carbonyl (C=O) groups excluding carboxylic acids is 1. The number of carbonyl (C=O) groups is 1. The first-order chi connectivity index (χ1) is 29.7. The van der Waals surface area contributed by atoms with Crippen molar-refractivity contribution in [1.82, 2.24) is 0 Å². The van der Waals surface area contributed by atoms with Gasteiger partial charge in [0.25, 0.3) is 0 Å². The predicted molar refractivity (Wildman–Crippen MR) is 244 cm³/mol. The first-order valence-electron chi connectivity index (χ1n) is 22.1. The summed E-state index contributed by atoms with van der Waals surface area (Å²) in [6, 6.07) is 38.6. The van der Waals surface area contributed by atoms with Crippen LogP contribution in [0, 0.1) is 5.92 Å². The van der Waals surface area contributed by atoms with Gasteiger partial charge in [-0.2, -0.15) is 0 Å². The van der Waals surface area contributed by atoms with Gasteiger partial charge in [-0.25, -0.2) is 4.79 Å². The third-order valence-electron chi connectivity index (χ3n) is 13.4. The second-order valence-corrected chi connectivity index (χ2v) is 17.5. The minimum atomic E-state index is -0.922. The summed E-state index contributed by atoms with van der Waals surface area (Å²) < 4.78 is 30.8. The highest BCUT2D eigenvalue weighted by atomic mass is 16.5. The summed E-state index contributed by atoms with van der Waals surface area (Å²) in [5, 5.41) is 2.09. The first kappa shape index (κ1) is 40.6. The Morgan fingerprint density at radius 1 is 0.705 bits per heavy atom. The van der Waals surface area contributed by atoms with Gasteiger partial charge in [-0.05, 0) is 140 Å². The van der Waals surface area contributed by atoms with Gasteiger partial charge >= 0.3 is 5.97 Å². The summed E-state index contributed by atoms with van der Waals surface area (Å²) in [5.74, 6) is 4.05. The fourth-order valence-corrected chi connectivity index (χ4v) is 9.95. The number of hydrogen-bond donors (Lipinski definition) is 0. The molecule has 0 atom stereocenters. The Hall–Kier alpha value is -5.85. The molecule has 6 heteroatoms. The maximum Gasteiger partial charge on any atom is 0.343 e. The Kier molecular flexibility index (Phi) is 11.2. The molecular formula is C55H56O6. The molecule has 0 radical (unpaired) electrons. The zero-order valence-corrected chi connectivity index (χ0v) is 36.1. The fourth-order valence-electron chi connectivity index (χ4n) is 9.95. The quantitative estimate of drug-likeness (QED) is 0.0697. The van der Waals surface area contributed by atoms with Crippen LogP contribution < -0.4 is 18.9 Å². The van der Waals surface area contributed by atoms with Crippen LogP contribution in [0.1, 0.15) is 122 Å². The lowest BCUT2D eigenvalue weighted by Gasteiger charge is -2.38. The van der Waals surface area contributed by atoms with Gasteiger partial charge in [-0.3, -0.25) is 0 Å². The summed E-state index contributed by atoms with van der Waals surface area (Å²) >= 11 is 0. The lowest BCUT2D eigenvalue weighted by Crippen LogP contribution is -2.35. The van der Waals surface area contributed by atoms with Crippen molar-refractivity contribution in [1.29, 1.82) is 0 Å². The molecule has 0 unspecified atom stereocenters. The van der Waals surface area contributed by atoms with E-state index in [2.05, 4.69) is 87.5 Å². The Morgan fingerprint density at radius 2 is 1.33 bits per heavy atom. The standard InChI is InChI=1S/C55H56O6/c1-6-7-8-9-36-10-12-37(13-11-36)38-18-25-46(26-19-38)60-53(56)40-16-14-39(15-17-40)41-20-31-47-49(34-41)50-35-59-54(2,3)51(50)48-32-33-55(61-52(47)48,42-21-27-44(57-4)28-22-42)43-23-29-45(58-5)30-24-43/h14-34,36-37H,6-13,35H2,1-5H3. The number of ether oxygens (including phenoxy) is 5. The Balaban J connectivity index is 0.979.